The first kappa shape index (κ1) is 30.9. The highest BCUT2D eigenvalue weighted by Gasteiger charge is 2.64. The van der Waals surface area contributed by atoms with Crippen molar-refractivity contribution in [3.63, 3.8) is 0 Å². The van der Waals surface area contributed by atoms with E-state index in [0.717, 1.165) is 6.42 Å². The molecule has 8 N–H and O–H groups in total. The van der Waals surface area contributed by atoms with Crippen molar-refractivity contribution in [2.45, 2.75) is 36.9 Å². The van der Waals surface area contributed by atoms with Crippen molar-refractivity contribution in [1.82, 2.24) is 15.1 Å². The van der Waals surface area contributed by atoms with E-state index in [-0.39, 0.29) is 47.7 Å². The highest BCUT2D eigenvalue weighted by Crippen LogP contribution is 2.56. The largest absolute Gasteiger partial charge is 0.508 e. The fourth-order valence-corrected chi connectivity index (χ4v) is 7.94. The molecule has 0 spiro atoms. The standard InChI is InChI=1S/C32H34FN5O8/c1-4-37(5-2)12-17(39)36-23-16-10-14-9-15-19(26(40)18(14)29(43)32(16,46)30(44)21(28(23)42)31(34)45)27(41)24-20(22(15)33)25-13(11-35-24)7-8-38(25)6-3/h4-6,13-14,16,23,25,35,40-41,44,46H,1-3,7-12H2,(H2,34,45)(H,36,39)/t13?,14-,16-,23-,25?,32-/m0/s1. The number of nitrogens with zero attached hydrogens (tertiary/aromatic N) is 2. The molecule has 3 aliphatic carbocycles. The molecule has 5 aliphatic rings. The van der Waals surface area contributed by atoms with Gasteiger partial charge in [-0.2, -0.15) is 0 Å². The molecule has 0 aromatic heterocycles. The average molecular weight is 636 g/mol. The molecular formula is C32H34FN5O8. The van der Waals surface area contributed by atoms with Crippen molar-refractivity contribution in [1.29, 1.82) is 0 Å². The Morgan fingerprint density at radius 3 is 2.52 bits per heavy atom. The van der Waals surface area contributed by atoms with Gasteiger partial charge in [-0.05, 0) is 43.8 Å². The van der Waals surface area contributed by atoms with Crippen molar-refractivity contribution in [3.8, 4) is 5.75 Å². The van der Waals surface area contributed by atoms with E-state index in [2.05, 4.69) is 30.4 Å². The maximum Gasteiger partial charge on any atom is 0.255 e. The van der Waals surface area contributed by atoms with E-state index in [0.29, 0.717) is 13.1 Å². The predicted molar refractivity (Wildman–Crippen MR) is 162 cm³/mol. The third kappa shape index (κ3) is 4.09. The van der Waals surface area contributed by atoms with Gasteiger partial charge < -0.3 is 46.6 Å². The smallest absolute Gasteiger partial charge is 0.255 e. The average Bonchev–Trinajstić information content (AvgIpc) is 3.45. The summed E-state index contributed by atoms with van der Waals surface area (Å²) in [6.45, 7) is 11.6. The SMILES string of the molecule is C=CN(C=C)CC(=O)N[C@@H]1C(=O)C(C(N)=O)=C(O)[C@@]2(O)C(=O)C3=C(O)c4c(O)c5c(c(F)c4C[C@H]3C[C@@H]12)C1C(CCN1C=C)CN5. The molecule has 6 rings (SSSR count). The zero-order chi connectivity index (χ0) is 33.4. The van der Waals surface area contributed by atoms with E-state index in [1.807, 2.05) is 4.90 Å². The lowest BCUT2D eigenvalue weighted by Crippen LogP contribution is -2.67. The number of ketones is 2. The van der Waals surface area contributed by atoms with Crippen LogP contribution in [-0.4, -0.2) is 84.9 Å². The minimum Gasteiger partial charge on any atom is -0.508 e. The van der Waals surface area contributed by atoms with E-state index < -0.39 is 87.1 Å². The highest BCUT2D eigenvalue weighted by molar-refractivity contribution is 6.25. The number of Topliss-reactive ketones (excluding diaryl/α,β-unsaturated/α-hetero) is 2. The highest BCUT2D eigenvalue weighted by atomic mass is 19.1. The zero-order valence-corrected chi connectivity index (χ0v) is 24.8. The van der Waals surface area contributed by atoms with Crippen molar-refractivity contribution < 1.29 is 44.0 Å². The fourth-order valence-electron chi connectivity index (χ4n) is 7.94. The number of phenolic OH excluding ortho intramolecular Hbond substituents is 1. The number of aliphatic hydroxyl groups excluding tert-OH is 2. The summed E-state index contributed by atoms with van der Waals surface area (Å²) in [6, 6.07) is -2.14. The number of rotatable bonds is 7. The number of amides is 2. The van der Waals surface area contributed by atoms with Crippen molar-refractivity contribution in [3.05, 3.63) is 77.7 Å². The third-order valence-electron chi connectivity index (χ3n) is 10.1. The van der Waals surface area contributed by atoms with Crippen LogP contribution in [0.5, 0.6) is 5.75 Å². The van der Waals surface area contributed by atoms with Crippen LogP contribution in [0.1, 0.15) is 35.6 Å². The van der Waals surface area contributed by atoms with Crippen LogP contribution in [0.15, 0.2) is 55.2 Å². The minimum atomic E-state index is -2.98. The first-order valence-electron chi connectivity index (χ1n) is 14.8. The number of hydrogen-bond acceptors (Lipinski definition) is 11. The number of halogens is 1. The predicted octanol–water partition coefficient (Wildman–Crippen LogP) is 1.18. The molecule has 13 nitrogen and oxygen atoms in total. The van der Waals surface area contributed by atoms with E-state index in [4.69, 9.17) is 5.73 Å². The molecule has 6 atom stereocenters. The summed E-state index contributed by atoms with van der Waals surface area (Å²) < 4.78 is 16.6. The zero-order valence-electron chi connectivity index (χ0n) is 24.8. The summed E-state index contributed by atoms with van der Waals surface area (Å²) in [5, 5.41) is 51.4. The number of likely N-dealkylation sites (tertiary alicyclic amines) is 1. The molecule has 1 aromatic carbocycles. The Hall–Kier alpha value is -5.11. The number of fused-ring (bicyclic) bond motifs is 6. The van der Waals surface area contributed by atoms with Crippen LogP contribution < -0.4 is 16.4 Å². The number of aromatic hydroxyl groups is 1. The van der Waals surface area contributed by atoms with Crippen LogP contribution >= 0.6 is 0 Å². The van der Waals surface area contributed by atoms with Gasteiger partial charge in [0.15, 0.2) is 11.4 Å². The molecule has 1 aromatic rings. The number of aliphatic hydroxyl groups is 3. The summed E-state index contributed by atoms with van der Waals surface area (Å²) in [4.78, 5) is 56.1. The second kappa shape index (κ2) is 10.8. The fraction of sp³-hybridized carbons (Fsp3) is 0.375. The van der Waals surface area contributed by atoms with Gasteiger partial charge in [-0.3, -0.25) is 19.2 Å². The van der Waals surface area contributed by atoms with E-state index in [9.17, 15) is 39.6 Å². The van der Waals surface area contributed by atoms with Crippen LogP contribution in [0, 0.1) is 23.6 Å². The Bertz CT molecular complexity index is 1710. The molecule has 14 heteroatoms. The van der Waals surface area contributed by atoms with Crippen molar-refractivity contribution >= 4 is 34.8 Å². The first-order chi connectivity index (χ1) is 21.8. The van der Waals surface area contributed by atoms with Gasteiger partial charge in [0.05, 0.1) is 23.3 Å². The molecular weight excluding hydrogens is 601 g/mol. The van der Waals surface area contributed by atoms with Gasteiger partial charge in [0.1, 0.15) is 35.2 Å². The minimum absolute atomic E-state index is 0.0249. The first-order valence-corrected chi connectivity index (χ1v) is 14.8. The maximum atomic E-state index is 16.6. The van der Waals surface area contributed by atoms with Crippen LogP contribution in [-0.2, 0) is 25.6 Å². The molecule has 0 radical (unpaired) electrons. The third-order valence-corrected chi connectivity index (χ3v) is 10.1. The number of carbonyl (C=O) groups excluding carboxylic acids is 4. The number of phenols is 1. The Morgan fingerprint density at radius 1 is 1.20 bits per heavy atom. The quantitative estimate of drug-likeness (QED) is 0.167. The number of benzene rings is 1. The Kier molecular flexibility index (Phi) is 7.23. The van der Waals surface area contributed by atoms with Gasteiger partial charge in [0, 0.05) is 41.6 Å². The molecule has 2 heterocycles. The summed E-state index contributed by atoms with van der Waals surface area (Å²) >= 11 is 0. The molecule has 0 bridgehead atoms. The number of hydrogen-bond donors (Lipinski definition) is 7. The molecule has 1 saturated carbocycles. The number of primary amides is 1. The number of carbonyl (C=O) groups is 4. The lowest BCUT2D eigenvalue weighted by molar-refractivity contribution is -0.152. The van der Waals surface area contributed by atoms with Gasteiger partial charge in [-0.15, -0.1) is 0 Å². The van der Waals surface area contributed by atoms with Crippen LogP contribution in [0.4, 0.5) is 10.1 Å². The second-order valence-electron chi connectivity index (χ2n) is 12.2. The molecule has 46 heavy (non-hydrogen) atoms. The van der Waals surface area contributed by atoms with E-state index >= 15 is 4.39 Å². The Balaban J connectivity index is 1.49. The molecule has 2 fully saturated rings. The second-order valence-corrected chi connectivity index (χ2v) is 12.2. The summed E-state index contributed by atoms with van der Waals surface area (Å²) in [5.74, 6) is -10.5. The number of nitrogens with one attached hydrogen (secondary N) is 2. The van der Waals surface area contributed by atoms with Gasteiger partial charge in [0.25, 0.3) is 5.91 Å². The van der Waals surface area contributed by atoms with E-state index in [1.54, 1.807) is 6.20 Å². The van der Waals surface area contributed by atoms with Crippen LogP contribution in [0.3, 0.4) is 0 Å². The lowest BCUT2D eigenvalue weighted by Gasteiger charge is -2.49. The Labute approximate surface area is 262 Å². The lowest BCUT2D eigenvalue weighted by atomic mass is 9.57. The molecule has 1 saturated heterocycles. The number of nitrogens with two attached hydrogens (primary N) is 1. The van der Waals surface area contributed by atoms with Crippen LogP contribution in [0.2, 0.25) is 0 Å². The summed E-state index contributed by atoms with van der Waals surface area (Å²) in [5.41, 5.74) is 0.753. The van der Waals surface area contributed by atoms with Gasteiger partial charge in [0.2, 0.25) is 11.7 Å². The Morgan fingerprint density at radius 2 is 1.89 bits per heavy atom. The van der Waals surface area contributed by atoms with Crippen molar-refractivity contribution in [2.24, 2.45) is 23.5 Å². The van der Waals surface area contributed by atoms with Gasteiger partial charge in [-0.25, -0.2) is 4.39 Å². The normalized spacial score (nSPS) is 29.4. The molecule has 2 aliphatic heterocycles. The van der Waals surface area contributed by atoms with Gasteiger partial charge >= 0.3 is 0 Å². The van der Waals surface area contributed by atoms with Crippen molar-refractivity contribution in [2.75, 3.05) is 25.0 Å². The summed E-state index contributed by atoms with van der Waals surface area (Å²) in [7, 11) is 0. The molecule has 2 unspecified atom stereocenters. The molecule has 242 valence electrons. The van der Waals surface area contributed by atoms with Crippen LogP contribution in [0.25, 0.3) is 5.76 Å². The maximum absolute atomic E-state index is 16.6. The topological polar surface area (TPSA) is 206 Å². The van der Waals surface area contributed by atoms with Gasteiger partial charge in [-0.1, -0.05) is 19.7 Å². The molecule has 2 amide bonds. The monoisotopic (exact) mass is 635 g/mol. The number of anilines is 1. The van der Waals surface area contributed by atoms with E-state index in [1.165, 1.54) is 17.3 Å². The summed E-state index contributed by atoms with van der Waals surface area (Å²) in [6.07, 6.45) is 4.40.